The molecule has 3 rings (SSSR count). The second-order valence-electron chi connectivity index (χ2n) is 8.78. The van der Waals surface area contributed by atoms with Gasteiger partial charge in [-0.05, 0) is 21.8 Å². The molecule has 2 aromatic carbocycles. The summed E-state index contributed by atoms with van der Waals surface area (Å²) < 4.78 is 12.4. The fraction of sp³-hybridized carbons (Fsp3) is 0.458. The van der Waals surface area contributed by atoms with Crippen LogP contribution in [0.1, 0.15) is 40.5 Å². The zero-order valence-electron chi connectivity index (χ0n) is 18.1. The molecule has 0 radical (unpaired) electrons. The Labute approximate surface area is 176 Å². The lowest BCUT2D eigenvalue weighted by atomic mass is 10.2. The highest BCUT2D eigenvalue weighted by Crippen LogP contribution is 2.38. The van der Waals surface area contributed by atoms with Gasteiger partial charge in [-0.25, -0.2) is 4.79 Å². The first-order chi connectivity index (χ1) is 13.9. The minimum absolute atomic E-state index is 0.0278. The number of carbonyl (C=O) groups excluding carboxylic acids is 1. The van der Waals surface area contributed by atoms with E-state index >= 15 is 0 Å². The summed E-state index contributed by atoms with van der Waals surface area (Å²) in [7, 11) is -2.56. The molecule has 4 nitrogen and oxygen atoms in total. The Morgan fingerprint density at radius 1 is 1.00 bits per heavy atom. The van der Waals surface area contributed by atoms with E-state index in [9.17, 15) is 4.79 Å². The molecule has 1 saturated heterocycles. The summed E-state index contributed by atoms with van der Waals surface area (Å²) in [5.74, 6) is 0. The van der Waals surface area contributed by atoms with Gasteiger partial charge >= 0.3 is 6.09 Å². The Hall–Kier alpha value is -2.11. The lowest BCUT2D eigenvalue weighted by Gasteiger charge is -2.49. The molecule has 1 amide bonds. The molecule has 0 atom stereocenters. The molecule has 0 N–H and O–H groups in total. The maximum Gasteiger partial charge on any atom is 0.409 e. The van der Waals surface area contributed by atoms with Gasteiger partial charge in [0.15, 0.2) is 0 Å². The number of likely N-dealkylation sites (tertiary alicyclic amines) is 1. The first-order valence-electron chi connectivity index (χ1n) is 10.6. The summed E-state index contributed by atoms with van der Waals surface area (Å²) in [5, 5.41) is 2.47. The molecule has 156 valence electrons. The predicted octanol–water partition coefficient (Wildman–Crippen LogP) is 4.18. The molecule has 29 heavy (non-hydrogen) atoms. The Kier molecular flexibility index (Phi) is 6.80. The largest absolute Gasteiger partial charge is 0.449 e. The molecule has 0 saturated carbocycles. The molecule has 0 aliphatic carbocycles. The molecule has 5 heteroatoms. The van der Waals surface area contributed by atoms with Crippen LogP contribution in [-0.2, 0) is 9.16 Å². The van der Waals surface area contributed by atoms with E-state index in [-0.39, 0.29) is 17.2 Å². The molecule has 1 heterocycles. The molecule has 0 aromatic heterocycles. The molecule has 0 spiro atoms. The van der Waals surface area contributed by atoms with Crippen molar-refractivity contribution in [2.45, 2.75) is 51.7 Å². The normalized spacial score (nSPS) is 15.1. The van der Waals surface area contributed by atoms with Crippen LogP contribution in [0.25, 0.3) is 0 Å². The highest BCUT2D eigenvalue weighted by atomic mass is 28.4. The van der Waals surface area contributed by atoms with E-state index in [2.05, 4.69) is 76.2 Å². The van der Waals surface area contributed by atoms with Gasteiger partial charge in [-0.3, -0.25) is 0 Å². The van der Waals surface area contributed by atoms with Gasteiger partial charge in [0.25, 0.3) is 8.32 Å². The Balaban J connectivity index is 1.84. The van der Waals surface area contributed by atoms with Crippen LogP contribution in [0.5, 0.6) is 0 Å². The number of ether oxygens (including phenoxy) is 1. The lowest BCUT2D eigenvalue weighted by molar-refractivity contribution is 0.00620. The summed E-state index contributed by atoms with van der Waals surface area (Å²) in [6.07, 6.45) is 1.73. The third-order valence-electron chi connectivity index (χ3n) is 5.59. The van der Waals surface area contributed by atoms with E-state index in [0.717, 1.165) is 12.8 Å². The van der Waals surface area contributed by atoms with Gasteiger partial charge in [-0.15, -0.1) is 0 Å². The van der Waals surface area contributed by atoms with Crippen LogP contribution >= 0.6 is 0 Å². The van der Waals surface area contributed by atoms with Crippen LogP contribution < -0.4 is 10.4 Å². The van der Waals surface area contributed by atoms with Gasteiger partial charge < -0.3 is 14.1 Å². The number of nitrogens with zero attached hydrogens (tertiary/aromatic N) is 1. The summed E-state index contributed by atoms with van der Waals surface area (Å²) in [6, 6.07) is 21.2. The standard InChI is InChI=1S/C24H33NO3Si/c1-5-6-17-27-23(26)25-18-20(19-25)28-29(24(2,3)4,21-13-9-7-10-14-21)22-15-11-8-12-16-22/h7-16,20H,5-6,17-19H2,1-4H3. The van der Waals surface area contributed by atoms with E-state index in [4.69, 9.17) is 9.16 Å². The SMILES string of the molecule is CCCCOC(=O)N1CC(O[Si](c2ccccc2)(c2ccccc2)C(C)(C)C)C1. The Morgan fingerprint density at radius 2 is 1.52 bits per heavy atom. The zero-order chi connectivity index (χ0) is 20.9. The third-order valence-corrected chi connectivity index (χ3v) is 10.7. The number of benzene rings is 2. The maximum absolute atomic E-state index is 12.2. The fourth-order valence-electron chi connectivity index (χ4n) is 4.00. The van der Waals surface area contributed by atoms with E-state index in [0.29, 0.717) is 19.7 Å². The van der Waals surface area contributed by atoms with Gasteiger partial charge in [0, 0.05) is 0 Å². The zero-order valence-corrected chi connectivity index (χ0v) is 19.1. The van der Waals surface area contributed by atoms with Crippen molar-refractivity contribution in [2.75, 3.05) is 19.7 Å². The average Bonchev–Trinajstić information content (AvgIpc) is 2.68. The van der Waals surface area contributed by atoms with Gasteiger partial charge in [0.1, 0.15) is 0 Å². The van der Waals surface area contributed by atoms with E-state index in [1.54, 1.807) is 4.90 Å². The summed E-state index contributed by atoms with van der Waals surface area (Å²) >= 11 is 0. The quantitative estimate of drug-likeness (QED) is 0.507. The first kappa shape index (κ1) is 21.6. The van der Waals surface area contributed by atoms with Crippen LogP contribution in [-0.4, -0.2) is 45.1 Å². The first-order valence-corrected chi connectivity index (χ1v) is 12.5. The fourth-order valence-corrected chi connectivity index (χ4v) is 8.66. The van der Waals surface area contributed by atoms with Crippen LogP contribution in [0.15, 0.2) is 60.7 Å². The van der Waals surface area contributed by atoms with Crippen molar-refractivity contribution in [2.24, 2.45) is 0 Å². The van der Waals surface area contributed by atoms with E-state index < -0.39 is 8.32 Å². The maximum atomic E-state index is 12.2. The van der Waals surface area contributed by atoms with Crippen molar-refractivity contribution in [1.29, 1.82) is 0 Å². The molecule has 0 unspecified atom stereocenters. The topological polar surface area (TPSA) is 38.8 Å². The van der Waals surface area contributed by atoms with Crippen LogP contribution in [0, 0.1) is 0 Å². The van der Waals surface area contributed by atoms with Crippen molar-refractivity contribution in [1.82, 2.24) is 4.90 Å². The second-order valence-corrected chi connectivity index (χ2v) is 13.0. The van der Waals surface area contributed by atoms with E-state index in [1.807, 2.05) is 12.1 Å². The van der Waals surface area contributed by atoms with Crippen molar-refractivity contribution in [3.8, 4) is 0 Å². The molecule has 1 fully saturated rings. The van der Waals surface area contributed by atoms with Gasteiger partial charge in [0.05, 0.1) is 25.8 Å². The Morgan fingerprint density at radius 3 is 1.97 bits per heavy atom. The van der Waals surface area contributed by atoms with Crippen molar-refractivity contribution in [3.63, 3.8) is 0 Å². The minimum Gasteiger partial charge on any atom is -0.449 e. The highest BCUT2D eigenvalue weighted by Gasteiger charge is 2.53. The van der Waals surface area contributed by atoms with E-state index in [1.165, 1.54) is 10.4 Å². The van der Waals surface area contributed by atoms with Gasteiger partial charge in [-0.1, -0.05) is 94.8 Å². The number of amides is 1. The van der Waals surface area contributed by atoms with Crippen molar-refractivity contribution >= 4 is 24.8 Å². The smallest absolute Gasteiger partial charge is 0.409 e. The van der Waals surface area contributed by atoms with Gasteiger partial charge in [0.2, 0.25) is 0 Å². The van der Waals surface area contributed by atoms with Crippen molar-refractivity contribution < 1.29 is 14.0 Å². The third kappa shape index (κ3) is 4.56. The lowest BCUT2D eigenvalue weighted by Crippen LogP contribution is -2.71. The van der Waals surface area contributed by atoms with Crippen LogP contribution in [0.4, 0.5) is 4.79 Å². The number of unbranched alkanes of at least 4 members (excludes halogenated alkanes) is 1. The summed E-state index contributed by atoms with van der Waals surface area (Å²) in [6.45, 7) is 10.6. The molecule has 1 aliphatic heterocycles. The summed E-state index contributed by atoms with van der Waals surface area (Å²) in [4.78, 5) is 14.0. The summed E-state index contributed by atoms with van der Waals surface area (Å²) in [5.41, 5.74) is 0. The Bertz CT molecular complexity index is 743. The van der Waals surface area contributed by atoms with Gasteiger partial charge in [-0.2, -0.15) is 0 Å². The number of hydrogen-bond donors (Lipinski definition) is 0. The van der Waals surface area contributed by atoms with Crippen molar-refractivity contribution in [3.05, 3.63) is 60.7 Å². The number of hydrogen-bond acceptors (Lipinski definition) is 3. The molecule has 1 aliphatic rings. The average molecular weight is 412 g/mol. The minimum atomic E-state index is -2.56. The number of carbonyl (C=O) groups is 1. The van der Waals surface area contributed by atoms with Crippen LogP contribution in [0.2, 0.25) is 5.04 Å². The molecule has 2 aromatic rings. The highest BCUT2D eigenvalue weighted by molar-refractivity contribution is 6.99. The molecular formula is C24H33NO3Si. The number of rotatable bonds is 7. The monoisotopic (exact) mass is 411 g/mol. The molecular weight excluding hydrogens is 378 g/mol. The molecule has 0 bridgehead atoms. The predicted molar refractivity (Wildman–Crippen MR) is 120 cm³/mol. The van der Waals surface area contributed by atoms with Crippen LogP contribution in [0.3, 0.4) is 0 Å². The second kappa shape index (κ2) is 9.14.